The van der Waals surface area contributed by atoms with Gasteiger partial charge in [0.15, 0.2) is 0 Å². The molecule has 2 rings (SSSR count). The minimum Gasteiger partial charge on any atom is -0.275 e. The lowest BCUT2D eigenvalue weighted by Crippen LogP contribution is -2.59. The summed E-state index contributed by atoms with van der Waals surface area (Å²) in [5, 5.41) is 1.82. The minimum atomic E-state index is -2.24. The normalized spacial score (nSPS) is 25.9. The van der Waals surface area contributed by atoms with E-state index in [-0.39, 0.29) is 6.54 Å². The van der Waals surface area contributed by atoms with Crippen LogP contribution >= 0.6 is 0 Å². The average Bonchev–Trinajstić information content (AvgIpc) is 3.04. The fourth-order valence-electron chi connectivity index (χ4n) is 1.74. The number of nitrogens with one attached hydrogen (secondary N) is 1. The van der Waals surface area contributed by atoms with Crippen LogP contribution in [0.3, 0.4) is 0 Å². The number of nitrogens with zero attached hydrogens (tertiary/aromatic N) is 1. The summed E-state index contributed by atoms with van der Waals surface area (Å²) in [6.45, 7) is 0.189. The van der Waals surface area contributed by atoms with Gasteiger partial charge in [-0.2, -0.15) is 0 Å². The van der Waals surface area contributed by atoms with Gasteiger partial charge in [0, 0.05) is 6.54 Å². The maximum absolute atomic E-state index is 13.0. The van der Waals surface area contributed by atoms with Crippen LogP contribution in [0.15, 0.2) is 0 Å². The van der Waals surface area contributed by atoms with Crippen LogP contribution in [0.5, 0.6) is 0 Å². The van der Waals surface area contributed by atoms with E-state index in [1.807, 2.05) is 5.32 Å². The Hall–Kier alpha value is -1.46. The molecule has 1 saturated carbocycles. The minimum absolute atomic E-state index is 0.189. The highest BCUT2D eigenvalue weighted by Gasteiger charge is 2.40. The third kappa shape index (κ3) is 2.20. The summed E-state index contributed by atoms with van der Waals surface area (Å²) in [4.78, 5) is 34.1. The van der Waals surface area contributed by atoms with Gasteiger partial charge >= 0.3 is 6.03 Å². The summed E-state index contributed by atoms with van der Waals surface area (Å²) in [5.74, 6) is -1.50. The Labute approximate surface area is 92.0 Å². The highest BCUT2D eigenvalue weighted by Crippen LogP contribution is 2.33. The molecule has 0 aromatic rings. The van der Waals surface area contributed by atoms with E-state index in [0.29, 0.717) is 12.3 Å². The second kappa shape index (κ2) is 4.19. The molecular formula is C10H13FN2O3. The average molecular weight is 228 g/mol. The summed E-state index contributed by atoms with van der Waals surface area (Å²) < 4.78 is 13.0. The molecule has 1 saturated heterocycles. The van der Waals surface area contributed by atoms with Crippen molar-refractivity contribution in [3.63, 3.8) is 0 Å². The molecule has 1 atom stereocenters. The second-order valence-electron chi connectivity index (χ2n) is 4.23. The number of hydrogen-bond acceptors (Lipinski definition) is 3. The Balaban J connectivity index is 1.88. The Morgan fingerprint density at radius 3 is 2.62 bits per heavy atom. The van der Waals surface area contributed by atoms with Gasteiger partial charge in [-0.3, -0.25) is 19.8 Å². The number of rotatable bonds is 4. The number of amides is 4. The maximum Gasteiger partial charge on any atom is 0.330 e. The topological polar surface area (TPSA) is 66.5 Å². The van der Waals surface area contributed by atoms with E-state index in [1.54, 1.807) is 0 Å². The predicted molar refractivity (Wildman–Crippen MR) is 52.1 cm³/mol. The fourth-order valence-corrected chi connectivity index (χ4v) is 1.74. The van der Waals surface area contributed by atoms with Crippen molar-refractivity contribution in [1.82, 2.24) is 10.2 Å². The number of barbiturate groups is 1. The van der Waals surface area contributed by atoms with Gasteiger partial charge in [-0.05, 0) is 18.8 Å². The van der Waals surface area contributed by atoms with E-state index >= 15 is 0 Å². The molecule has 1 unspecified atom stereocenters. The van der Waals surface area contributed by atoms with Crippen LogP contribution in [0.4, 0.5) is 9.18 Å². The molecule has 4 amide bonds. The quantitative estimate of drug-likeness (QED) is 0.716. The number of alkyl halides is 1. The second-order valence-corrected chi connectivity index (χ2v) is 4.23. The van der Waals surface area contributed by atoms with Gasteiger partial charge in [-0.15, -0.1) is 0 Å². The Morgan fingerprint density at radius 1 is 1.31 bits per heavy atom. The van der Waals surface area contributed by atoms with Crippen LogP contribution < -0.4 is 5.32 Å². The summed E-state index contributed by atoms with van der Waals surface area (Å²) in [7, 11) is 0. The van der Waals surface area contributed by atoms with E-state index in [9.17, 15) is 18.8 Å². The van der Waals surface area contributed by atoms with Crippen molar-refractivity contribution in [2.45, 2.75) is 31.9 Å². The Kier molecular flexibility index (Phi) is 2.89. The van der Waals surface area contributed by atoms with Gasteiger partial charge in [0.1, 0.15) is 0 Å². The van der Waals surface area contributed by atoms with Crippen LogP contribution in [0, 0.1) is 5.92 Å². The highest BCUT2D eigenvalue weighted by atomic mass is 19.1. The number of carbonyl (C=O) groups excluding carboxylic acids is 3. The van der Waals surface area contributed by atoms with Crippen LogP contribution in [0.2, 0.25) is 0 Å². The van der Waals surface area contributed by atoms with Gasteiger partial charge in [0.05, 0.1) is 0 Å². The van der Waals surface area contributed by atoms with Gasteiger partial charge in [0.2, 0.25) is 0 Å². The Bertz CT molecular complexity index is 341. The lowest BCUT2D eigenvalue weighted by molar-refractivity contribution is -0.143. The molecule has 6 heteroatoms. The number of imide groups is 2. The molecule has 2 aliphatic rings. The number of urea groups is 1. The first-order valence-corrected chi connectivity index (χ1v) is 5.40. The molecule has 16 heavy (non-hydrogen) atoms. The van der Waals surface area contributed by atoms with Crippen molar-refractivity contribution in [3.05, 3.63) is 0 Å². The number of carbonyl (C=O) groups is 3. The lowest BCUT2D eigenvalue weighted by atomic mass is 10.2. The summed E-state index contributed by atoms with van der Waals surface area (Å²) in [5.41, 5.74) is 0. The molecule has 0 aromatic heterocycles. The molecule has 1 N–H and O–H groups in total. The molecule has 0 aromatic carbocycles. The van der Waals surface area contributed by atoms with Crippen LogP contribution in [0.25, 0.3) is 0 Å². The molecule has 2 fully saturated rings. The smallest absolute Gasteiger partial charge is 0.275 e. The summed E-state index contributed by atoms with van der Waals surface area (Å²) >= 11 is 0. The zero-order chi connectivity index (χ0) is 11.7. The van der Waals surface area contributed by atoms with Crippen molar-refractivity contribution in [2.75, 3.05) is 6.54 Å². The van der Waals surface area contributed by atoms with Crippen molar-refractivity contribution < 1.29 is 18.8 Å². The molecule has 0 bridgehead atoms. The maximum atomic E-state index is 13.0. The molecule has 0 radical (unpaired) electrons. The number of hydrogen-bond donors (Lipinski definition) is 1. The van der Waals surface area contributed by atoms with E-state index in [4.69, 9.17) is 0 Å². The number of halogens is 1. The third-order valence-electron chi connectivity index (χ3n) is 2.88. The third-order valence-corrected chi connectivity index (χ3v) is 2.88. The molecule has 5 nitrogen and oxygen atoms in total. The zero-order valence-electron chi connectivity index (χ0n) is 8.74. The molecule has 1 heterocycles. The predicted octanol–water partition coefficient (Wildman–Crippen LogP) is 0.593. The van der Waals surface area contributed by atoms with Crippen LogP contribution in [-0.4, -0.2) is 35.5 Å². The zero-order valence-corrected chi connectivity index (χ0v) is 8.74. The Morgan fingerprint density at radius 2 is 2.00 bits per heavy atom. The fraction of sp³-hybridized carbons (Fsp3) is 0.700. The molecule has 0 spiro atoms. The van der Waals surface area contributed by atoms with Crippen molar-refractivity contribution in [3.8, 4) is 0 Å². The monoisotopic (exact) mass is 228 g/mol. The standard InChI is InChI=1S/C10H13FN2O3/c11-7-8(14)12-10(16)13(9(7)15)5-1-2-6-3-4-6/h6-7H,1-5H2,(H,12,14,16). The van der Waals surface area contributed by atoms with Crippen molar-refractivity contribution in [2.24, 2.45) is 5.92 Å². The molecule has 1 aliphatic heterocycles. The summed E-state index contributed by atoms with van der Waals surface area (Å²) in [6.07, 6.45) is 1.78. The SMILES string of the molecule is O=C1NC(=O)N(CCCC2CC2)C(=O)C1F. The summed E-state index contributed by atoms with van der Waals surface area (Å²) in [6, 6.07) is -0.806. The lowest BCUT2D eigenvalue weighted by Gasteiger charge is -2.26. The van der Waals surface area contributed by atoms with Crippen LogP contribution in [-0.2, 0) is 9.59 Å². The molecule has 1 aliphatic carbocycles. The van der Waals surface area contributed by atoms with Crippen molar-refractivity contribution >= 4 is 17.8 Å². The van der Waals surface area contributed by atoms with Gasteiger partial charge < -0.3 is 0 Å². The van der Waals surface area contributed by atoms with E-state index in [1.165, 1.54) is 12.8 Å². The van der Waals surface area contributed by atoms with Crippen molar-refractivity contribution in [1.29, 1.82) is 0 Å². The molecule has 88 valence electrons. The van der Waals surface area contributed by atoms with Gasteiger partial charge in [-0.25, -0.2) is 9.18 Å². The first-order valence-electron chi connectivity index (χ1n) is 5.40. The van der Waals surface area contributed by atoms with Gasteiger partial charge in [-0.1, -0.05) is 12.8 Å². The highest BCUT2D eigenvalue weighted by molar-refractivity contribution is 6.17. The largest absolute Gasteiger partial charge is 0.330 e. The van der Waals surface area contributed by atoms with Crippen LogP contribution in [0.1, 0.15) is 25.7 Å². The molecular weight excluding hydrogens is 215 g/mol. The first-order chi connectivity index (χ1) is 7.59. The van der Waals surface area contributed by atoms with Gasteiger partial charge in [0.25, 0.3) is 18.0 Å². The first kappa shape index (κ1) is 11.0. The van der Waals surface area contributed by atoms with E-state index in [0.717, 1.165) is 11.3 Å². The van der Waals surface area contributed by atoms with E-state index in [2.05, 4.69) is 0 Å². The van der Waals surface area contributed by atoms with E-state index < -0.39 is 24.0 Å².